The number of carbonyl (C=O) groups is 2. The number of Topliss-reactive ketones (excluding diaryl/α,β-unsaturated/α-hetero) is 1. The summed E-state index contributed by atoms with van der Waals surface area (Å²) < 4.78 is 4.96. The number of hydrogen-bond acceptors (Lipinski definition) is 3. The Kier molecular flexibility index (Phi) is 6.00. The number of esters is 1. The lowest BCUT2D eigenvalue weighted by Gasteiger charge is -2.29. The van der Waals surface area contributed by atoms with E-state index in [1.54, 1.807) is 6.92 Å². The van der Waals surface area contributed by atoms with Crippen LogP contribution in [0.1, 0.15) is 46.0 Å². The summed E-state index contributed by atoms with van der Waals surface area (Å²) in [6.45, 7) is 11.4. The van der Waals surface area contributed by atoms with Crippen LogP contribution in [0.15, 0.2) is 24.3 Å². The van der Waals surface area contributed by atoms with Crippen LogP contribution in [-0.4, -0.2) is 18.4 Å². The zero-order valence-electron chi connectivity index (χ0n) is 12.0. The van der Waals surface area contributed by atoms with Crippen LogP contribution in [0.2, 0.25) is 0 Å². The summed E-state index contributed by atoms with van der Waals surface area (Å²) in [5.41, 5.74) is 1.54. The molecule has 0 aromatic heterocycles. The van der Waals surface area contributed by atoms with Gasteiger partial charge < -0.3 is 4.74 Å². The standard InChI is InChI=1S/C16H24O3/c1-5-13-8-12(4)9-14(10-13)15(17)6-7-19-16(18)11(2)3/h13-14H,2,4-10H2,1,3H3. The van der Waals surface area contributed by atoms with Gasteiger partial charge in [0.2, 0.25) is 0 Å². The van der Waals surface area contributed by atoms with Gasteiger partial charge >= 0.3 is 5.97 Å². The number of rotatable bonds is 6. The molecule has 1 fully saturated rings. The fourth-order valence-corrected chi connectivity index (χ4v) is 2.54. The van der Waals surface area contributed by atoms with Gasteiger partial charge in [-0.3, -0.25) is 4.79 Å². The second-order valence-corrected chi connectivity index (χ2v) is 5.50. The molecule has 0 heterocycles. The van der Waals surface area contributed by atoms with E-state index in [9.17, 15) is 9.59 Å². The first kappa shape index (κ1) is 15.7. The number of carbonyl (C=O) groups excluding carboxylic acids is 2. The monoisotopic (exact) mass is 264 g/mol. The minimum Gasteiger partial charge on any atom is -0.462 e. The van der Waals surface area contributed by atoms with Crippen molar-refractivity contribution in [1.82, 2.24) is 0 Å². The zero-order valence-corrected chi connectivity index (χ0v) is 12.0. The average Bonchev–Trinajstić information content (AvgIpc) is 2.37. The van der Waals surface area contributed by atoms with E-state index in [0.29, 0.717) is 17.9 Å². The summed E-state index contributed by atoms with van der Waals surface area (Å²) in [6, 6.07) is 0. The van der Waals surface area contributed by atoms with Crippen LogP contribution in [0, 0.1) is 11.8 Å². The predicted octanol–water partition coefficient (Wildman–Crippen LogP) is 3.45. The lowest BCUT2D eigenvalue weighted by molar-refractivity contribution is -0.140. The van der Waals surface area contributed by atoms with Crippen LogP contribution in [-0.2, 0) is 14.3 Å². The maximum absolute atomic E-state index is 12.1. The summed E-state index contributed by atoms with van der Waals surface area (Å²) in [7, 11) is 0. The third kappa shape index (κ3) is 5.01. The normalized spacial score (nSPS) is 22.9. The minimum atomic E-state index is -0.424. The van der Waals surface area contributed by atoms with E-state index >= 15 is 0 Å². The summed E-state index contributed by atoms with van der Waals surface area (Å²) in [5.74, 6) is 0.406. The zero-order chi connectivity index (χ0) is 14.4. The molecule has 0 radical (unpaired) electrons. The molecule has 3 nitrogen and oxygen atoms in total. The Balaban J connectivity index is 2.38. The minimum absolute atomic E-state index is 0.0646. The van der Waals surface area contributed by atoms with E-state index < -0.39 is 5.97 Å². The van der Waals surface area contributed by atoms with Crippen molar-refractivity contribution in [3.63, 3.8) is 0 Å². The summed E-state index contributed by atoms with van der Waals surface area (Å²) >= 11 is 0. The molecular weight excluding hydrogens is 240 g/mol. The summed E-state index contributed by atoms with van der Waals surface area (Å²) in [5, 5.41) is 0. The van der Waals surface area contributed by atoms with Crippen LogP contribution < -0.4 is 0 Å². The molecule has 1 aliphatic carbocycles. The molecule has 1 aliphatic rings. The Morgan fingerprint density at radius 2 is 2.05 bits per heavy atom. The molecule has 106 valence electrons. The third-order valence-electron chi connectivity index (χ3n) is 3.69. The number of ketones is 1. The predicted molar refractivity (Wildman–Crippen MR) is 75.7 cm³/mol. The highest BCUT2D eigenvalue weighted by molar-refractivity contribution is 5.87. The Morgan fingerprint density at radius 1 is 1.37 bits per heavy atom. The van der Waals surface area contributed by atoms with Crippen molar-refractivity contribution in [2.75, 3.05) is 6.61 Å². The molecule has 0 bridgehead atoms. The molecular formula is C16H24O3. The number of hydrogen-bond donors (Lipinski definition) is 0. The van der Waals surface area contributed by atoms with Gasteiger partial charge in [-0.05, 0) is 32.1 Å². The Hall–Kier alpha value is -1.38. The molecule has 0 amide bonds. The first-order valence-corrected chi connectivity index (χ1v) is 6.96. The van der Waals surface area contributed by atoms with Gasteiger partial charge in [0, 0.05) is 17.9 Å². The second-order valence-electron chi connectivity index (χ2n) is 5.50. The molecule has 1 saturated carbocycles. The topological polar surface area (TPSA) is 43.4 Å². The molecule has 0 aromatic rings. The fourth-order valence-electron chi connectivity index (χ4n) is 2.54. The largest absolute Gasteiger partial charge is 0.462 e. The number of allylic oxidation sites excluding steroid dienone is 1. The molecule has 0 N–H and O–H groups in total. The summed E-state index contributed by atoms with van der Waals surface area (Å²) in [4.78, 5) is 23.3. The molecule has 0 spiro atoms. The fraction of sp³-hybridized carbons (Fsp3) is 0.625. The van der Waals surface area contributed by atoms with Crippen molar-refractivity contribution in [2.24, 2.45) is 11.8 Å². The first-order chi connectivity index (χ1) is 8.93. The van der Waals surface area contributed by atoms with Gasteiger partial charge in [-0.15, -0.1) is 0 Å². The van der Waals surface area contributed by atoms with Gasteiger partial charge in [-0.25, -0.2) is 4.79 Å². The van der Waals surface area contributed by atoms with Crippen LogP contribution in [0.5, 0.6) is 0 Å². The molecule has 19 heavy (non-hydrogen) atoms. The molecule has 2 unspecified atom stereocenters. The van der Waals surface area contributed by atoms with E-state index in [2.05, 4.69) is 20.1 Å². The van der Waals surface area contributed by atoms with E-state index in [-0.39, 0.29) is 18.3 Å². The Labute approximate surface area is 115 Å². The van der Waals surface area contributed by atoms with Crippen molar-refractivity contribution in [3.8, 4) is 0 Å². The first-order valence-electron chi connectivity index (χ1n) is 6.96. The van der Waals surface area contributed by atoms with Crippen LogP contribution >= 0.6 is 0 Å². The Morgan fingerprint density at radius 3 is 2.63 bits per heavy atom. The van der Waals surface area contributed by atoms with Crippen LogP contribution in [0.25, 0.3) is 0 Å². The van der Waals surface area contributed by atoms with E-state index in [1.807, 2.05) is 0 Å². The summed E-state index contributed by atoms with van der Waals surface area (Å²) in [6.07, 6.45) is 4.18. The molecule has 2 atom stereocenters. The van der Waals surface area contributed by atoms with Crippen molar-refractivity contribution in [3.05, 3.63) is 24.3 Å². The maximum atomic E-state index is 12.1. The van der Waals surface area contributed by atoms with Crippen LogP contribution in [0.4, 0.5) is 0 Å². The van der Waals surface area contributed by atoms with Gasteiger partial charge in [0.15, 0.2) is 0 Å². The number of ether oxygens (including phenoxy) is 1. The second kappa shape index (κ2) is 7.27. The van der Waals surface area contributed by atoms with Crippen molar-refractivity contribution in [1.29, 1.82) is 0 Å². The van der Waals surface area contributed by atoms with Gasteiger partial charge in [0.25, 0.3) is 0 Å². The van der Waals surface area contributed by atoms with Gasteiger partial charge in [0.1, 0.15) is 5.78 Å². The highest BCUT2D eigenvalue weighted by atomic mass is 16.5. The maximum Gasteiger partial charge on any atom is 0.333 e. The average molecular weight is 264 g/mol. The highest BCUT2D eigenvalue weighted by Crippen LogP contribution is 2.34. The third-order valence-corrected chi connectivity index (χ3v) is 3.69. The van der Waals surface area contributed by atoms with E-state index in [4.69, 9.17) is 4.74 Å². The highest BCUT2D eigenvalue weighted by Gasteiger charge is 2.27. The van der Waals surface area contributed by atoms with Gasteiger partial charge in [-0.1, -0.05) is 32.1 Å². The smallest absolute Gasteiger partial charge is 0.333 e. The molecule has 1 rings (SSSR count). The molecule has 0 aromatic carbocycles. The quantitative estimate of drug-likeness (QED) is 0.419. The van der Waals surface area contributed by atoms with Gasteiger partial charge in [-0.2, -0.15) is 0 Å². The lowest BCUT2D eigenvalue weighted by atomic mass is 9.76. The SMILES string of the molecule is C=C1CC(CC)CC(C(=O)CCOC(=O)C(=C)C)C1. The van der Waals surface area contributed by atoms with E-state index in [1.165, 1.54) is 5.57 Å². The molecule has 3 heteroatoms. The van der Waals surface area contributed by atoms with Crippen molar-refractivity contribution < 1.29 is 14.3 Å². The lowest BCUT2D eigenvalue weighted by Crippen LogP contribution is -2.25. The van der Waals surface area contributed by atoms with Gasteiger partial charge in [0.05, 0.1) is 6.61 Å². The van der Waals surface area contributed by atoms with E-state index in [0.717, 1.165) is 25.7 Å². The molecule has 0 aliphatic heterocycles. The molecule has 0 saturated heterocycles. The van der Waals surface area contributed by atoms with Crippen LogP contribution in [0.3, 0.4) is 0 Å². The van der Waals surface area contributed by atoms with Crippen molar-refractivity contribution in [2.45, 2.75) is 46.0 Å². The Bertz CT molecular complexity index is 381. The van der Waals surface area contributed by atoms with Crippen molar-refractivity contribution >= 4 is 11.8 Å².